The van der Waals surface area contributed by atoms with Crippen LogP contribution >= 0.6 is 0 Å². The Balaban J connectivity index is 1.53. The van der Waals surface area contributed by atoms with Gasteiger partial charge in [0.1, 0.15) is 18.5 Å². The molecule has 2 aliphatic rings. The molecule has 0 aromatic heterocycles. The van der Waals surface area contributed by atoms with Gasteiger partial charge in [-0.15, -0.1) is 0 Å². The van der Waals surface area contributed by atoms with Gasteiger partial charge in [-0.25, -0.2) is 0 Å². The monoisotopic (exact) mass is 345 g/mol. The number of aliphatic hydroxyl groups excluding tert-OH is 1. The van der Waals surface area contributed by atoms with Crippen molar-refractivity contribution in [3.63, 3.8) is 0 Å². The summed E-state index contributed by atoms with van der Waals surface area (Å²) in [6, 6.07) is 6.62. The number of amides is 2. The van der Waals surface area contributed by atoms with Crippen LogP contribution in [-0.4, -0.2) is 46.9 Å². The minimum atomic E-state index is -0.944. The van der Waals surface area contributed by atoms with E-state index in [4.69, 9.17) is 4.74 Å². The molecule has 1 aliphatic heterocycles. The molecule has 3 atom stereocenters. The highest BCUT2D eigenvalue weighted by Crippen LogP contribution is 2.37. The summed E-state index contributed by atoms with van der Waals surface area (Å²) in [5, 5.41) is 10.2. The van der Waals surface area contributed by atoms with Gasteiger partial charge >= 0.3 is 0 Å². The third-order valence-corrected chi connectivity index (χ3v) is 5.03. The van der Waals surface area contributed by atoms with Gasteiger partial charge in [0.25, 0.3) is 0 Å². The standard InChI is InChI=1S/C19H23NO5/c1-12(21)13-6-8-15(9-7-13)25-11-14(22)10-20-18(23)16-4-2-3-5-17(16)19(20)24/h6-9,14,16-17,22H,2-5,10-11H2,1H3. The first-order valence-electron chi connectivity index (χ1n) is 8.74. The second kappa shape index (κ2) is 7.35. The number of ether oxygens (including phenoxy) is 1. The highest BCUT2D eigenvalue weighted by Gasteiger charge is 2.48. The third kappa shape index (κ3) is 3.74. The number of imide groups is 1. The lowest BCUT2D eigenvalue weighted by atomic mass is 9.81. The molecule has 0 bridgehead atoms. The number of carbonyl (C=O) groups excluding carboxylic acids is 3. The summed E-state index contributed by atoms with van der Waals surface area (Å²) in [4.78, 5) is 37.2. The first-order valence-corrected chi connectivity index (χ1v) is 8.74. The van der Waals surface area contributed by atoms with E-state index >= 15 is 0 Å². The molecular formula is C19H23NO5. The van der Waals surface area contributed by atoms with E-state index in [0.29, 0.717) is 11.3 Å². The van der Waals surface area contributed by atoms with Crippen molar-refractivity contribution in [1.82, 2.24) is 4.90 Å². The minimum absolute atomic E-state index is 0.0220. The van der Waals surface area contributed by atoms with E-state index in [1.54, 1.807) is 24.3 Å². The van der Waals surface area contributed by atoms with Crippen molar-refractivity contribution in [2.45, 2.75) is 38.7 Å². The number of nitrogens with zero attached hydrogens (tertiary/aromatic N) is 1. The van der Waals surface area contributed by atoms with Gasteiger partial charge < -0.3 is 9.84 Å². The van der Waals surface area contributed by atoms with E-state index in [9.17, 15) is 19.5 Å². The van der Waals surface area contributed by atoms with Crippen LogP contribution in [0.4, 0.5) is 0 Å². The third-order valence-electron chi connectivity index (χ3n) is 5.03. The lowest BCUT2D eigenvalue weighted by Crippen LogP contribution is -2.40. The molecule has 2 amide bonds. The van der Waals surface area contributed by atoms with Gasteiger partial charge in [0, 0.05) is 5.56 Å². The average Bonchev–Trinajstić information content (AvgIpc) is 2.86. The largest absolute Gasteiger partial charge is 0.491 e. The van der Waals surface area contributed by atoms with E-state index in [0.717, 1.165) is 25.7 Å². The molecule has 1 aliphatic carbocycles. The number of likely N-dealkylation sites (tertiary alicyclic amines) is 1. The SMILES string of the molecule is CC(=O)c1ccc(OCC(O)CN2C(=O)C3CCCCC3C2=O)cc1. The number of fused-ring (bicyclic) bond motifs is 1. The van der Waals surface area contributed by atoms with Crippen molar-refractivity contribution in [3.05, 3.63) is 29.8 Å². The van der Waals surface area contributed by atoms with Crippen molar-refractivity contribution in [1.29, 1.82) is 0 Å². The summed E-state index contributed by atoms with van der Waals surface area (Å²) in [5.74, 6) is -0.211. The molecule has 1 aromatic rings. The molecule has 6 nitrogen and oxygen atoms in total. The summed E-state index contributed by atoms with van der Waals surface area (Å²) >= 11 is 0. The number of hydrogen-bond acceptors (Lipinski definition) is 5. The molecule has 1 heterocycles. The van der Waals surface area contributed by atoms with Crippen molar-refractivity contribution in [2.75, 3.05) is 13.2 Å². The van der Waals surface area contributed by atoms with E-state index in [1.165, 1.54) is 11.8 Å². The van der Waals surface area contributed by atoms with Crippen LogP contribution in [0, 0.1) is 11.8 Å². The molecule has 25 heavy (non-hydrogen) atoms. The number of ketones is 1. The maximum atomic E-state index is 12.4. The number of β-amino-alcohol motifs (C(OH)–C–C–N with tert-alkyl or cyclic N) is 1. The van der Waals surface area contributed by atoms with Gasteiger partial charge in [0.05, 0.1) is 18.4 Å². The Labute approximate surface area is 146 Å². The van der Waals surface area contributed by atoms with Crippen LogP contribution in [-0.2, 0) is 9.59 Å². The van der Waals surface area contributed by atoms with Gasteiger partial charge in [-0.1, -0.05) is 12.8 Å². The number of rotatable bonds is 6. The molecule has 6 heteroatoms. The number of carbonyl (C=O) groups is 3. The molecule has 2 fully saturated rings. The Kier molecular flexibility index (Phi) is 5.18. The van der Waals surface area contributed by atoms with Gasteiger partial charge in [-0.05, 0) is 44.0 Å². The van der Waals surface area contributed by atoms with Crippen LogP contribution in [0.2, 0.25) is 0 Å². The highest BCUT2D eigenvalue weighted by atomic mass is 16.5. The summed E-state index contributed by atoms with van der Waals surface area (Å²) in [6.45, 7) is 1.43. The molecule has 0 radical (unpaired) electrons. The normalized spacial score (nSPS) is 24.2. The van der Waals surface area contributed by atoms with Crippen LogP contribution in [0.1, 0.15) is 43.0 Å². The van der Waals surface area contributed by atoms with Gasteiger partial charge in [0.15, 0.2) is 5.78 Å². The second-order valence-corrected chi connectivity index (χ2v) is 6.83. The minimum Gasteiger partial charge on any atom is -0.491 e. The average molecular weight is 345 g/mol. The summed E-state index contributed by atoms with van der Waals surface area (Å²) in [5.41, 5.74) is 0.587. The van der Waals surface area contributed by atoms with Gasteiger partial charge in [0.2, 0.25) is 11.8 Å². The molecule has 1 saturated heterocycles. The van der Waals surface area contributed by atoms with Crippen LogP contribution < -0.4 is 4.74 Å². The Morgan fingerprint density at radius 1 is 1.16 bits per heavy atom. The number of hydrogen-bond donors (Lipinski definition) is 1. The molecule has 3 rings (SSSR count). The van der Waals surface area contributed by atoms with Crippen LogP contribution in [0.3, 0.4) is 0 Å². The molecule has 1 aromatic carbocycles. The predicted molar refractivity (Wildman–Crippen MR) is 90.1 cm³/mol. The first kappa shape index (κ1) is 17.6. The van der Waals surface area contributed by atoms with E-state index in [-0.39, 0.29) is 42.6 Å². The zero-order chi connectivity index (χ0) is 18.0. The smallest absolute Gasteiger partial charge is 0.233 e. The van der Waals surface area contributed by atoms with Crippen LogP contribution in [0.25, 0.3) is 0 Å². The molecule has 1 N–H and O–H groups in total. The second-order valence-electron chi connectivity index (χ2n) is 6.83. The molecular weight excluding hydrogens is 322 g/mol. The Morgan fingerprint density at radius 3 is 2.24 bits per heavy atom. The fraction of sp³-hybridized carbons (Fsp3) is 0.526. The van der Waals surface area contributed by atoms with Crippen LogP contribution in [0.5, 0.6) is 5.75 Å². The van der Waals surface area contributed by atoms with Crippen molar-refractivity contribution < 1.29 is 24.2 Å². The highest BCUT2D eigenvalue weighted by molar-refractivity contribution is 6.05. The first-order chi connectivity index (χ1) is 12.0. The Bertz CT molecular complexity index is 645. The van der Waals surface area contributed by atoms with Crippen molar-refractivity contribution in [2.24, 2.45) is 11.8 Å². The van der Waals surface area contributed by atoms with Crippen LogP contribution in [0.15, 0.2) is 24.3 Å². The van der Waals surface area contributed by atoms with E-state index in [2.05, 4.69) is 0 Å². The quantitative estimate of drug-likeness (QED) is 0.628. The lowest BCUT2D eigenvalue weighted by Gasteiger charge is -2.19. The maximum absolute atomic E-state index is 12.4. The lowest BCUT2D eigenvalue weighted by molar-refractivity contribution is -0.141. The number of Topliss-reactive ketones (excluding diaryl/α,β-unsaturated/α-hetero) is 1. The topological polar surface area (TPSA) is 83.9 Å². The summed E-state index contributed by atoms with van der Waals surface area (Å²) in [6.07, 6.45) is 2.55. The Morgan fingerprint density at radius 2 is 1.72 bits per heavy atom. The van der Waals surface area contributed by atoms with Gasteiger partial charge in [-0.2, -0.15) is 0 Å². The van der Waals surface area contributed by atoms with E-state index < -0.39 is 6.10 Å². The van der Waals surface area contributed by atoms with Gasteiger partial charge in [-0.3, -0.25) is 19.3 Å². The zero-order valence-corrected chi connectivity index (χ0v) is 14.3. The molecule has 0 spiro atoms. The maximum Gasteiger partial charge on any atom is 0.233 e. The Hall–Kier alpha value is -2.21. The fourth-order valence-electron chi connectivity index (χ4n) is 3.65. The predicted octanol–water partition coefficient (Wildman–Crippen LogP) is 1.80. The van der Waals surface area contributed by atoms with Crippen molar-refractivity contribution >= 4 is 17.6 Å². The fourth-order valence-corrected chi connectivity index (χ4v) is 3.65. The zero-order valence-electron chi connectivity index (χ0n) is 14.3. The summed E-state index contributed by atoms with van der Waals surface area (Å²) < 4.78 is 5.49. The number of aliphatic hydroxyl groups is 1. The number of benzene rings is 1. The molecule has 1 saturated carbocycles. The van der Waals surface area contributed by atoms with Crippen molar-refractivity contribution in [3.8, 4) is 5.75 Å². The molecule has 3 unspecified atom stereocenters. The van der Waals surface area contributed by atoms with E-state index in [1.807, 2.05) is 0 Å². The molecule has 134 valence electrons. The summed E-state index contributed by atoms with van der Waals surface area (Å²) in [7, 11) is 0.